The molecule has 0 aromatic heterocycles. The fourth-order valence-corrected chi connectivity index (χ4v) is 3.49. The van der Waals surface area contributed by atoms with Gasteiger partial charge >= 0.3 is 0 Å². The Bertz CT molecular complexity index is 844. The van der Waals surface area contributed by atoms with Gasteiger partial charge in [-0.3, -0.25) is 15.1 Å². The van der Waals surface area contributed by atoms with E-state index in [4.69, 9.17) is 14.5 Å². The van der Waals surface area contributed by atoms with Gasteiger partial charge in [0.1, 0.15) is 12.4 Å². The highest BCUT2D eigenvalue weighted by molar-refractivity contribution is 5.94. The van der Waals surface area contributed by atoms with Crippen molar-refractivity contribution in [3.05, 3.63) is 47.2 Å². The average molecular weight is 502 g/mol. The second-order valence-electron chi connectivity index (χ2n) is 10.5. The molecule has 0 radical (unpaired) electrons. The van der Waals surface area contributed by atoms with E-state index in [0.29, 0.717) is 32.0 Å². The normalized spacial score (nSPS) is 14.9. The highest BCUT2D eigenvalue weighted by atomic mass is 16.5. The number of benzene rings is 1. The lowest BCUT2D eigenvalue weighted by molar-refractivity contribution is -0.0127. The van der Waals surface area contributed by atoms with Gasteiger partial charge in [0, 0.05) is 45.2 Å². The molecule has 0 bridgehead atoms. The summed E-state index contributed by atoms with van der Waals surface area (Å²) in [6, 6.07) is 7.70. The smallest absolute Gasteiger partial charge is 0.253 e. The third kappa shape index (κ3) is 12.5. The molecule has 0 saturated carbocycles. The van der Waals surface area contributed by atoms with Crippen LogP contribution in [-0.4, -0.2) is 87.7 Å². The second kappa shape index (κ2) is 15.6. The van der Waals surface area contributed by atoms with Crippen molar-refractivity contribution >= 4 is 11.7 Å². The molecule has 2 rings (SSSR count). The van der Waals surface area contributed by atoms with Gasteiger partial charge in [0.05, 0.1) is 24.7 Å². The van der Waals surface area contributed by atoms with Crippen LogP contribution in [0.5, 0.6) is 0 Å². The van der Waals surface area contributed by atoms with E-state index in [1.165, 1.54) is 0 Å². The van der Waals surface area contributed by atoms with Crippen molar-refractivity contribution in [1.29, 1.82) is 0 Å². The van der Waals surface area contributed by atoms with Crippen LogP contribution in [0.3, 0.4) is 0 Å². The molecule has 1 aliphatic rings. The molecule has 0 unspecified atom stereocenters. The van der Waals surface area contributed by atoms with Gasteiger partial charge < -0.3 is 24.6 Å². The molecule has 1 aromatic rings. The second-order valence-corrected chi connectivity index (χ2v) is 10.5. The summed E-state index contributed by atoms with van der Waals surface area (Å²) in [5, 5.41) is 6.76. The molecule has 8 nitrogen and oxygen atoms in total. The first-order valence-electron chi connectivity index (χ1n) is 13.1. The maximum Gasteiger partial charge on any atom is 0.253 e. The van der Waals surface area contributed by atoms with Crippen LogP contribution in [0.1, 0.15) is 62.4 Å². The fourth-order valence-electron chi connectivity index (χ4n) is 3.49. The Hall–Kier alpha value is -2.42. The number of likely N-dealkylation sites (N-methyl/N-ethyl adjacent to an activating group) is 2. The molecule has 8 heteroatoms. The van der Waals surface area contributed by atoms with Crippen LogP contribution in [-0.2, 0) is 16.1 Å². The summed E-state index contributed by atoms with van der Waals surface area (Å²) in [6.45, 7) is 10.9. The number of ether oxygens (including phenoxy) is 2. The van der Waals surface area contributed by atoms with Gasteiger partial charge in [-0.2, -0.15) is 0 Å². The minimum absolute atomic E-state index is 0.0367. The Morgan fingerprint density at radius 1 is 1.06 bits per heavy atom. The average Bonchev–Trinajstić information content (AvgIpc) is 2.94. The molecule has 0 aliphatic carbocycles. The molecule has 0 fully saturated rings. The van der Waals surface area contributed by atoms with Gasteiger partial charge in [-0.25, -0.2) is 0 Å². The van der Waals surface area contributed by atoms with Crippen molar-refractivity contribution in [2.24, 2.45) is 4.99 Å². The molecular weight excluding hydrogens is 454 g/mol. The molecule has 2 N–H and O–H groups in total. The summed E-state index contributed by atoms with van der Waals surface area (Å²) in [7, 11) is 5.85. The SMILES string of the molecule is CN(C)CCN(C)C(=O)c1ccc(COC2=CCCCCC(NCCNCOC(C)(C)C)=NC2)cc1. The van der Waals surface area contributed by atoms with E-state index >= 15 is 0 Å². The number of nitrogens with one attached hydrogen (secondary N) is 2. The van der Waals surface area contributed by atoms with E-state index in [1.807, 2.05) is 45.4 Å². The Morgan fingerprint density at radius 2 is 1.81 bits per heavy atom. The molecule has 1 heterocycles. The number of hydrogen-bond acceptors (Lipinski definition) is 7. The lowest BCUT2D eigenvalue weighted by Gasteiger charge is -2.20. The zero-order valence-electron chi connectivity index (χ0n) is 23.2. The van der Waals surface area contributed by atoms with Crippen LogP contribution in [0.4, 0.5) is 0 Å². The number of amides is 1. The highest BCUT2D eigenvalue weighted by Crippen LogP contribution is 2.14. The standard InChI is InChI=1S/C28H47N5O3/c1-28(2,3)36-22-29-16-17-30-26-11-9-7-8-10-25(20-31-26)35-21-23-12-14-24(15-13-23)27(34)33(6)19-18-32(4)5/h10,12-15,29H,7-9,11,16-22H2,1-6H3,(H,30,31). The lowest BCUT2D eigenvalue weighted by Crippen LogP contribution is -2.35. The summed E-state index contributed by atoms with van der Waals surface area (Å²) in [4.78, 5) is 21.2. The molecular formula is C28H47N5O3. The first-order valence-corrected chi connectivity index (χ1v) is 13.1. The maximum atomic E-state index is 12.6. The number of carbonyl (C=O) groups excluding carboxylic acids is 1. The Kier molecular flexibility index (Phi) is 12.9. The van der Waals surface area contributed by atoms with Crippen molar-refractivity contribution < 1.29 is 14.3 Å². The van der Waals surface area contributed by atoms with Gasteiger partial charge in [0.15, 0.2) is 0 Å². The Balaban J connectivity index is 1.79. The van der Waals surface area contributed by atoms with Crippen molar-refractivity contribution in [3.63, 3.8) is 0 Å². The molecule has 36 heavy (non-hydrogen) atoms. The lowest BCUT2D eigenvalue weighted by atomic mass is 10.1. The number of carbonyl (C=O) groups is 1. The zero-order chi connectivity index (χ0) is 26.4. The van der Waals surface area contributed by atoms with Crippen LogP contribution >= 0.6 is 0 Å². The van der Waals surface area contributed by atoms with Gasteiger partial charge in [-0.15, -0.1) is 0 Å². The monoisotopic (exact) mass is 501 g/mol. The van der Waals surface area contributed by atoms with E-state index < -0.39 is 0 Å². The van der Waals surface area contributed by atoms with Gasteiger partial charge in [-0.05, 0) is 77.9 Å². The molecule has 202 valence electrons. The molecule has 1 amide bonds. The minimum atomic E-state index is -0.132. The van der Waals surface area contributed by atoms with E-state index in [2.05, 4.69) is 42.4 Å². The quantitative estimate of drug-likeness (QED) is 0.336. The van der Waals surface area contributed by atoms with Crippen molar-refractivity contribution in [3.8, 4) is 0 Å². The molecule has 0 atom stereocenters. The van der Waals surface area contributed by atoms with E-state index in [9.17, 15) is 4.79 Å². The Morgan fingerprint density at radius 3 is 2.50 bits per heavy atom. The van der Waals surface area contributed by atoms with Crippen LogP contribution in [0, 0.1) is 0 Å². The van der Waals surface area contributed by atoms with Gasteiger partial charge in [0.2, 0.25) is 0 Å². The van der Waals surface area contributed by atoms with Crippen LogP contribution in [0.15, 0.2) is 41.1 Å². The number of aliphatic imine (C=N–C) groups is 1. The van der Waals surface area contributed by atoms with Crippen molar-refractivity contribution in [2.75, 3.05) is 60.6 Å². The van der Waals surface area contributed by atoms with Crippen molar-refractivity contribution in [2.45, 2.75) is 58.7 Å². The molecule has 1 aromatic carbocycles. The van der Waals surface area contributed by atoms with Crippen LogP contribution < -0.4 is 10.6 Å². The third-order valence-corrected chi connectivity index (χ3v) is 5.76. The number of hydrogen-bond donors (Lipinski definition) is 2. The molecule has 0 spiro atoms. The highest BCUT2D eigenvalue weighted by Gasteiger charge is 2.12. The predicted octanol–water partition coefficient (Wildman–Crippen LogP) is 3.65. The number of amidine groups is 1. The number of nitrogens with zero attached hydrogens (tertiary/aromatic N) is 3. The van der Waals surface area contributed by atoms with Crippen LogP contribution in [0.2, 0.25) is 0 Å². The fraction of sp³-hybridized carbons (Fsp3) is 0.643. The van der Waals surface area contributed by atoms with Crippen LogP contribution in [0.25, 0.3) is 0 Å². The van der Waals surface area contributed by atoms with E-state index in [1.54, 1.807) is 4.90 Å². The summed E-state index contributed by atoms with van der Waals surface area (Å²) in [5.41, 5.74) is 1.60. The third-order valence-electron chi connectivity index (χ3n) is 5.76. The van der Waals surface area contributed by atoms with Gasteiger partial charge in [-0.1, -0.05) is 12.1 Å². The molecule has 1 aliphatic heterocycles. The van der Waals surface area contributed by atoms with E-state index in [-0.39, 0.29) is 11.5 Å². The summed E-state index contributed by atoms with van der Waals surface area (Å²) in [6.07, 6.45) is 6.34. The topological polar surface area (TPSA) is 78.4 Å². The number of rotatable bonds is 12. The zero-order valence-corrected chi connectivity index (χ0v) is 23.2. The molecule has 0 saturated heterocycles. The number of allylic oxidation sites excluding steroid dienone is 1. The van der Waals surface area contributed by atoms with Crippen molar-refractivity contribution in [1.82, 2.24) is 20.4 Å². The summed E-state index contributed by atoms with van der Waals surface area (Å²) in [5.74, 6) is 1.97. The van der Waals surface area contributed by atoms with E-state index in [0.717, 1.165) is 62.5 Å². The minimum Gasteiger partial charge on any atom is -0.492 e. The first-order chi connectivity index (χ1) is 17.1. The largest absolute Gasteiger partial charge is 0.492 e. The first kappa shape index (κ1) is 29.8. The maximum absolute atomic E-state index is 12.6. The summed E-state index contributed by atoms with van der Waals surface area (Å²) >= 11 is 0. The van der Waals surface area contributed by atoms with Gasteiger partial charge in [0.25, 0.3) is 5.91 Å². The predicted molar refractivity (Wildman–Crippen MR) is 147 cm³/mol. The summed E-state index contributed by atoms with van der Waals surface area (Å²) < 4.78 is 11.8. The Labute approximate surface area is 218 Å².